The summed E-state index contributed by atoms with van der Waals surface area (Å²) in [7, 11) is 0.512. The molecule has 1 aliphatic heterocycles. The first-order valence-corrected chi connectivity index (χ1v) is 16.0. The van der Waals surface area contributed by atoms with Gasteiger partial charge in [0, 0.05) is 50.7 Å². The van der Waals surface area contributed by atoms with Crippen LogP contribution in [-0.2, 0) is 15.4 Å². The predicted octanol–water partition coefficient (Wildman–Crippen LogP) is 5.16. The van der Waals surface area contributed by atoms with Gasteiger partial charge in [-0.05, 0) is 73.8 Å². The summed E-state index contributed by atoms with van der Waals surface area (Å²) < 4.78 is 28.7. The van der Waals surface area contributed by atoms with Gasteiger partial charge in [-0.15, -0.1) is 0 Å². The van der Waals surface area contributed by atoms with E-state index >= 15 is 0 Å². The van der Waals surface area contributed by atoms with Gasteiger partial charge >= 0.3 is 0 Å². The van der Waals surface area contributed by atoms with Crippen molar-refractivity contribution in [1.82, 2.24) is 19.6 Å². The van der Waals surface area contributed by atoms with Gasteiger partial charge in [-0.3, -0.25) is 0 Å². The third-order valence-electron chi connectivity index (χ3n) is 8.36. The molecule has 3 aromatic rings. The molecule has 8 nitrogen and oxygen atoms in total. The molecule has 2 aliphatic rings. The van der Waals surface area contributed by atoms with Crippen LogP contribution in [0.4, 0.5) is 11.8 Å². The number of para-hydroxylation sites is 1. The maximum absolute atomic E-state index is 13.5. The molecule has 2 heterocycles. The van der Waals surface area contributed by atoms with Gasteiger partial charge in [0.05, 0.1) is 10.4 Å². The molecule has 2 N–H and O–H groups in total. The van der Waals surface area contributed by atoms with Crippen LogP contribution < -0.4 is 15.5 Å². The smallest absolute Gasteiger partial charge is 0.243 e. The molecule has 1 atom stereocenters. The van der Waals surface area contributed by atoms with Gasteiger partial charge in [-0.2, -0.15) is 9.29 Å². The monoisotopic (exact) mass is 564 g/mol. The van der Waals surface area contributed by atoms with E-state index in [9.17, 15) is 8.42 Å². The average Bonchev–Trinajstić information content (AvgIpc) is 3.41. The van der Waals surface area contributed by atoms with Crippen molar-refractivity contribution in [1.29, 1.82) is 0 Å². The minimum atomic E-state index is -3.51. The quantitative estimate of drug-likeness (QED) is 0.391. The van der Waals surface area contributed by atoms with E-state index in [-0.39, 0.29) is 11.5 Å². The highest BCUT2D eigenvalue weighted by Gasteiger charge is 2.36. The highest BCUT2D eigenvalue weighted by molar-refractivity contribution is 7.89. The number of nitrogens with one attached hydrogen (secondary N) is 2. The third-order valence-corrected chi connectivity index (χ3v) is 10.3. The number of nitrogens with zero attached hydrogens (tertiary/aromatic N) is 4. The molecule has 0 spiro atoms. The molecule has 2 aromatic carbocycles. The molecule has 1 saturated heterocycles. The summed E-state index contributed by atoms with van der Waals surface area (Å²) in [4.78, 5) is 12.0. The van der Waals surface area contributed by atoms with Crippen LogP contribution in [-0.4, -0.2) is 68.0 Å². The zero-order chi connectivity index (χ0) is 28.5. The van der Waals surface area contributed by atoms with E-state index in [1.807, 2.05) is 49.3 Å². The Morgan fingerprint density at radius 3 is 2.27 bits per heavy atom. The number of hydrogen-bond donors (Lipinski definition) is 2. The Morgan fingerprint density at radius 2 is 1.60 bits per heavy atom. The fraction of sp³-hybridized carbons (Fsp3) is 0.548. The van der Waals surface area contributed by atoms with Crippen LogP contribution in [0.5, 0.6) is 0 Å². The molecule has 5 rings (SSSR count). The van der Waals surface area contributed by atoms with Crippen molar-refractivity contribution in [3.8, 4) is 0 Å². The number of fused-ring (bicyclic) bond motifs is 1. The van der Waals surface area contributed by atoms with Gasteiger partial charge < -0.3 is 15.5 Å². The van der Waals surface area contributed by atoms with Crippen LogP contribution in [0.3, 0.4) is 0 Å². The summed E-state index contributed by atoms with van der Waals surface area (Å²) in [6.07, 6.45) is 5.94. The Morgan fingerprint density at radius 1 is 0.925 bits per heavy atom. The van der Waals surface area contributed by atoms with Crippen molar-refractivity contribution in [3.63, 3.8) is 0 Å². The summed E-state index contributed by atoms with van der Waals surface area (Å²) in [5.41, 5.74) is 2.08. The van der Waals surface area contributed by atoms with Gasteiger partial charge in [-0.1, -0.05) is 45.0 Å². The first-order chi connectivity index (χ1) is 19.0. The van der Waals surface area contributed by atoms with Crippen molar-refractivity contribution >= 4 is 32.7 Å². The highest BCUT2D eigenvalue weighted by atomic mass is 32.2. The third kappa shape index (κ3) is 6.26. The topological polar surface area (TPSA) is 90.5 Å². The lowest BCUT2D eigenvalue weighted by Gasteiger charge is -2.32. The lowest BCUT2D eigenvalue weighted by molar-refractivity contribution is 0.312. The second-order valence-corrected chi connectivity index (χ2v) is 14.5. The lowest BCUT2D eigenvalue weighted by Crippen LogP contribution is -2.45. The fourth-order valence-corrected chi connectivity index (χ4v) is 7.68. The SMILES string of the molecule is CN(C)c1nc(NC2CCC(NC[C@@H]3CCCN3S(=O)(=O)c3ccc(C(C)(C)C)cc3)CC2)nc2ccccc12. The summed E-state index contributed by atoms with van der Waals surface area (Å²) in [6, 6.07) is 16.3. The van der Waals surface area contributed by atoms with Crippen LogP contribution >= 0.6 is 0 Å². The molecule has 0 bridgehead atoms. The number of benzene rings is 2. The Hall–Kier alpha value is -2.75. The molecule has 2 fully saturated rings. The van der Waals surface area contributed by atoms with Gasteiger partial charge in [0.2, 0.25) is 16.0 Å². The van der Waals surface area contributed by atoms with Crippen molar-refractivity contribution in [2.45, 2.75) is 87.7 Å². The van der Waals surface area contributed by atoms with E-state index in [2.05, 4.69) is 37.5 Å². The second-order valence-electron chi connectivity index (χ2n) is 12.6. The van der Waals surface area contributed by atoms with Crippen LogP contribution in [0.25, 0.3) is 10.9 Å². The molecule has 9 heteroatoms. The first kappa shape index (κ1) is 28.8. The van der Waals surface area contributed by atoms with Crippen LogP contribution in [0, 0.1) is 0 Å². The largest absolute Gasteiger partial charge is 0.362 e. The van der Waals surface area contributed by atoms with E-state index in [0.29, 0.717) is 36.0 Å². The second kappa shape index (κ2) is 11.6. The number of anilines is 2. The number of rotatable bonds is 8. The van der Waals surface area contributed by atoms with E-state index in [4.69, 9.17) is 9.97 Å². The van der Waals surface area contributed by atoms with Crippen molar-refractivity contribution < 1.29 is 8.42 Å². The van der Waals surface area contributed by atoms with Gasteiger partial charge in [0.1, 0.15) is 5.82 Å². The van der Waals surface area contributed by atoms with E-state index in [1.165, 1.54) is 0 Å². The Bertz CT molecular complexity index is 1410. The number of aromatic nitrogens is 2. The zero-order valence-electron chi connectivity index (χ0n) is 24.5. The first-order valence-electron chi connectivity index (χ1n) is 14.6. The van der Waals surface area contributed by atoms with Gasteiger partial charge in [0.15, 0.2) is 0 Å². The van der Waals surface area contributed by atoms with Crippen molar-refractivity contribution in [2.75, 3.05) is 37.4 Å². The zero-order valence-corrected chi connectivity index (χ0v) is 25.3. The molecular weight excluding hydrogens is 520 g/mol. The average molecular weight is 565 g/mol. The molecule has 216 valence electrons. The Balaban J connectivity index is 1.15. The summed E-state index contributed by atoms with van der Waals surface area (Å²) >= 11 is 0. The Kier molecular flexibility index (Phi) is 8.36. The standard InChI is InChI=1S/C31H44N6O2S/c1-31(2,3)22-12-18-26(19-13-22)40(38,39)37-20-8-9-25(37)21-32-23-14-16-24(17-15-23)33-30-34-28-11-7-6-10-27(28)29(35-30)36(4)5/h6-7,10-13,18-19,23-25,32H,8-9,14-17,20-21H2,1-5H3,(H,33,34,35)/t23?,24?,25-/m0/s1. The van der Waals surface area contributed by atoms with Crippen molar-refractivity contribution in [2.24, 2.45) is 0 Å². The number of hydrogen-bond acceptors (Lipinski definition) is 7. The van der Waals surface area contributed by atoms with Crippen molar-refractivity contribution in [3.05, 3.63) is 54.1 Å². The maximum Gasteiger partial charge on any atom is 0.243 e. The van der Waals surface area contributed by atoms with Gasteiger partial charge in [0.25, 0.3) is 0 Å². The predicted molar refractivity (Wildman–Crippen MR) is 164 cm³/mol. The van der Waals surface area contributed by atoms with Gasteiger partial charge in [-0.25, -0.2) is 13.4 Å². The minimum absolute atomic E-state index is 0.00130. The van der Waals surface area contributed by atoms with Crippen LogP contribution in [0.2, 0.25) is 0 Å². The molecule has 1 aromatic heterocycles. The number of sulfonamides is 1. The fourth-order valence-electron chi connectivity index (χ4n) is 5.98. The summed E-state index contributed by atoms with van der Waals surface area (Å²) in [6.45, 7) is 7.70. The molecular formula is C31H44N6O2S. The normalized spacial score (nSPS) is 22.5. The van der Waals surface area contributed by atoms with Crippen LogP contribution in [0.15, 0.2) is 53.4 Å². The molecule has 0 amide bonds. The summed E-state index contributed by atoms with van der Waals surface area (Å²) in [5, 5.41) is 8.34. The van der Waals surface area contributed by atoms with E-state index in [0.717, 1.165) is 60.8 Å². The van der Waals surface area contributed by atoms with E-state index in [1.54, 1.807) is 16.4 Å². The lowest BCUT2D eigenvalue weighted by atomic mass is 9.87. The summed E-state index contributed by atoms with van der Waals surface area (Å²) in [5.74, 6) is 1.60. The minimum Gasteiger partial charge on any atom is -0.362 e. The Labute approximate surface area is 239 Å². The maximum atomic E-state index is 13.5. The molecule has 0 radical (unpaired) electrons. The van der Waals surface area contributed by atoms with Crippen LogP contribution in [0.1, 0.15) is 64.9 Å². The molecule has 40 heavy (non-hydrogen) atoms. The molecule has 1 aliphatic carbocycles. The molecule has 1 saturated carbocycles. The molecule has 0 unspecified atom stereocenters. The highest BCUT2D eigenvalue weighted by Crippen LogP contribution is 2.30. The van der Waals surface area contributed by atoms with E-state index < -0.39 is 10.0 Å².